The first-order chi connectivity index (χ1) is 8.61. The SMILES string of the molecule is CCCc1ccc(-c2cc(N)n(C)c(=O)c2)cc1. The fourth-order valence-electron chi connectivity index (χ4n) is 1.97. The van der Waals surface area contributed by atoms with Gasteiger partial charge in [-0.25, -0.2) is 0 Å². The van der Waals surface area contributed by atoms with Crippen molar-refractivity contribution in [1.29, 1.82) is 0 Å². The van der Waals surface area contributed by atoms with E-state index in [0.29, 0.717) is 5.82 Å². The molecule has 2 N–H and O–H groups in total. The molecule has 0 atom stereocenters. The van der Waals surface area contributed by atoms with Gasteiger partial charge in [-0.3, -0.25) is 9.36 Å². The van der Waals surface area contributed by atoms with Crippen LogP contribution < -0.4 is 11.3 Å². The van der Waals surface area contributed by atoms with Gasteiger partial charge in [-0.05, 0) is 29.2 Å². The van der Waals surface area contributed by atoms with Crippen molar-refractivity contribution in [2.45, 2.75) is 19.8 Å². The summed E-state index contributed by atoms with van der Waals surface area (Å²) in [4.78, 5) is 11.7. The summed E-state index contributed by atoms with van der Waals surface area (Å²) >= 11 is 0. The minimum absolute atomic E-state index is 0.0809. The molecular weight excluding hydrogens is 224 g/mol. The van der Waals surface area contributed by atoms with E-state index in [1.165, 1.54) is 10.1 Å². The Morgan fingerprint density at radius 3 is 2.33 bits per heavy atom. The van der Waals surface area contributed by atoms with Gasteiger partial charge in [0, 0.05) is 13.1 Å². The molecule has 1 heterocycles. The highest BCUT2D eigenvalue weighted by atomic mass is 16.1. The second-order valence-electron chi connectivity index (χ2n) is 4.51. The smallest absolute Gasteiger partial charge is 0.252 e. The number of aryl methyl sites for hydroxylation is 1. The largest absolute Gasteiger partial charge is 0.385 e. The molecule has 0 spiro atoms. The standard InChI is InChI=1S/C15H18N2O/c1-3-4-11-5-7-12(8-6-11)13-9-14(16)17(2)15(18)10-13/h5-10H,3-4,16H2,1-2H3. The Morgan fingerprint density at radius 2 is 1.78 bits per heavy atom. The molecule has 0 saturated heterocycles. The number of nitrogens with zero attached hydrogens (tertiary/aromatic N) is 1. The van der Waals surface area contributed by atoms with Gasteiger partial charge in [-0.15, -0.1) is 0 Å². The summed E-state index contributed by atoms with van der Waals surface area (Å²) in [6.07, 6.45) is 2.22. The van der Waals surface area contributed by atoms with Crippen LogP contribution in [0.2, 0.25) is 0 Å². The van der Waals surface area contributed by atoms with Crippen LogP contribution in [0.15, 0.2) is 41.2 Å². The van der Waals surface area contributed by atoms with Gasteiger partial charge < -0.3 is 5.73 Å². The quantitative estimate of drug-likeness (QED) is 0.899. The second-order valence-corrected chi connectivity index (χ2v) is 4.51. The molecule has 0 aliphatic carbocycles. The summed E-state index contributed by atoms with van der Waals surface area (Å²) in [7, 11) is 1.67. The second kappa shape index (κ2) is 5.08. The van der Waals surface area contributed by atoms with Crippen LogP contribution in [0.3, 0.4) is 0 Å². The number of hydrogen-bond donors (Lipinski definition) is 1. The predicted octanol–water partition coefficient (Wildman–Crippen LogP) is 2.59. The van der Waals surface area contributed by atoms with Crippen molar-refractivity contribution in [2.75, 3.05) is 5.73 Å². The van der Waals surface area contributed by atoms with Crippen molar-refractivity contribution in [1.82, 2.24) is 4.57 Å². The molecule has 2 rings (SSSR count). The lowest BCUT2D eigenvalue weighted by Gasteiger charge is -2.07. The van der Waals surface area contributed by atoms with E-state index in [-0.39, 0.29) is 5.56 Å². The van der Waals surface area contributed by atoms with Gasteiger partial charge in [0.15, 0.2) is 0 Å². The molecule has 0 amide bonds. The van der Waals surface area contributed by atoms with E-state index in [0.717, 1.165) is 24.0 Å². The molecule has 1 aromatic carbocycles. The molecule has 1 aromatic heterocycles. The summed E-state index contributed by atoms with van der Waals surface area (Å²) in [5.74, 6) is 0.482. The molecule has 18 heavy (non-hydrogen) atoms. The van der Waals surface area contributed by atoms with Crippen molar-refractivity contribution < 1.29 is 0 Å². The molecule has 0 fully saturated rings. The van der Waals surface area contributed by atoms with Crippen LogP contribution in [-0.4, -0.2) is 4.57 Å². The predicted molar refractivity (Wildman–Crippen MR) is 75.5 cm³/mol. The molecule has 0 saturated carbocycles. The minimum atomic E-state index is -0.0809. The molecule has 0 aliphatic heterocycles. The Balaban J connectivity index is 2.40. The Morgan fingerprint density at radius 1 is 1.11 bits per heavy atom. The van der Waals surface area contributed by atoms with Crippen LogP contribution in [0.5, 0.6) is 0 Å². The van der Waals surface area contributed by atoms with Crippen LogP contribution in [0.1, 0.15) is 18.9 Å². The lowest BCUT2D eigenvalue weighted by Crippen LogP contribution is -2.18. The zero-order chi connectivity index (χ0) is 13.1. The summed E-state index contributed by atoms with van der Waals surface area (Å²) in [5.41, 5.74) is 8.94. The van der Waals surface area contributed by atoms with E-state index in [1.54, 1.807) is 13.1 Å². The van der Waals surface area contributed by atoms with Gasteiger partial charge in [0.05, 0.1) is 0 Å². The first kappa shape index (κ1) is 12.4. The van der Waals surface area contributed by atoms with E-state index in [9.17, 15) is 4.79 Å². The summed E-state index contributed by atoms with van der Waals surface area (Å²) < 4.78 is 1.44. The van der Waals surface area contributed by atoms with Crippen LogP contribution in [-0.2, 0) is 13.5 Å². The fraction of sp³-hybridized carbons (Fsp3) is 0.267. The third kappa shape index (κ3) is 2.45. The minimum Gasteiger partial charge on any atom is -0.385 e. The maximum Gasteiger partial charge on any atom is 0.252 e. The Hall–Kier alpha value is -2.03. The van der Waals surface area contributed by atoms with Crippen molar-refractivity contribution in [3.05, 3.63) is 52.3 Å². The Labute approximate surface area is 107 Å². The van der Waals surface area contributed by atoms with E-state index in [2.05, 4.69) is 19.1 Å². The first-order valence-corrected chi connectivity index (χ1v) is 6.17. The van der Waals surface area contributed by atoms with E-state index >= 15 is 0 Å². The van der Waals surface area contributed by atoms with Gasteiger partial charge >= 0.3 is 0 Å². The maximum absolute atomic E-state index is 11.7. The molecular formula is C15H18N2O. The number of aromatic nitrogens is 1. The van der Waals surface area contributed by atoms with E-state index in [4.69, 9.17) is 5.73 Å². The van der Waals surface area contributed by atoms with Crippen LogP contribution in [0.25, 0.3) is 11.1 Å². The third-order valence-corrected chi connectivity index (χ3v) is 3.13. The average Bonchev–Trinajstić information content (AvgIpc) is 2.37. The van der Waals surface area contributed by atoms with Gasteiger partial charge in [0.25, 0.3) is 5.56 Å². The van der Waals surface area contributed by atoms with Crippen molar-refractivity contribution in [2.24, 2.45) is 7.05 Å². The van der Waals surface area contributed by atoms with Gasteiger partial charge in [-0.2, -0.15) is 0 Å². The molecule has 0 aliphatic rings. The fourth-order valence-corrected chi connectivity index (χ4v) is 1.97. The number of hydrogen-bond acceptors (Lipinski definition) is 2. The third-order valence-electron chi connectivity index (χ3n) is 3.13. The van der Waals surface area contributed by atoms with Crippen molar-refractivity contribution in [3.63, 3.8) is 0 Å². The molecule has 0 bridgehead atoms. The molecule has 0 unspecified atom stereocenters. The van der Waals surface area contributed by atoms with Gasteiger partial charge in [0.1, 0.15) is 5.82 Å². The summed E-state index contributed by atoms with van der Waals surface area (Å²) in [6.45, 7) is 2.16. The molecule has 0 radical (unpaired) electrons. The normalized spacial score (nSPS) is 10.6. The van der Waals surface area contributed by atoms with Crippen molar-refractivity contribution in [3.8, 4) is 11.1 Å². The summed E-state index contributed by atoms with van der Waals surface area (Å²) in [5, 5.41) is 0. The number of rotatable bonds is 3. The van der Waals surface area contributed by atoms with Crippen molar-refractivity contribution >= 4 is 5.82 Å². The van der Waals surface area contributed by atoms with Crippen LogP contribution >= 0.6 is 0 Å². The number of nitrogen functional groups attached to an aromatic ring is 1. The zero-order valence-corrected chi connectivity index (χ0v) is 10.8. The highest BCUT2D eigenvalue weighted by Gasteiger charge is 2.03. The molecule has 3 nitrogen and oxygen atoms in total. The topological polar surface area (TPSA) is 48.0 Å². The van der Waals surface area contributed by atoms with Gasteiger partial charge in [0.2, 0.25) is 0 Å². The van der Waals surface area contributed by atoms with E-state index in [1.807, 2.05) is 18.2 Å². The lowest BCUT2D eigenvalue weighted by atomic mass is 10.0. The average molecular weight is 242 g/mol. The van der Waals surface area contributed by atoms with Crippen LogP contribution in [0.4, 0.5) is 5.82 Å². The first-order valence-electron chi connectivity index (χ1n) is 6.17. The molecule has 94 valence electrons. The molecule has 3 heteroatoms. The maximum atomic E-state index is 11.7. The highest BCUT2D eigenvalue weighted by molar-refractivity contribution is 5.66. The van der Waals surface area contributed by atoms with Crippen LogP contribution in [0, 0.1) is 0 Å². The number of nitrogens with two attached hydrogens (primary N) is 1. The van der Waals surface area contributed by atoms with E-state index < -0.39 is 0 Å². The number of benzene rings is 1. The molecule has 2 aromatic rings. The zero-order valence-electron chi connectivity index (χ0n) is 10.8. The Bertz CT molecular complexity index is 597. The lowest BCUT2D eigenvalue weighted by molar-refractivity contribution is 0.876. The highest BCUT2D eigenvalue weighted by Crippen LogP contribution is 2.20. The monoisotopic (exact) mass is 242 g/mol. The number of pyridine rings is 1. The Kier molecular flexibility index (Phi) is 3.51. The number of anilines is 1. The summed E-state index contributed by atoms with van der Waals surface area (Å²) in [6, 6.07) is 11.7. The van der Waals surface area contributed by atoms with Gasteiger partial charge in [-0.1, -0.05) is 37.6 Å².